The molecule has 0 saturated carbocycles. The highest BCUT2D eigenvalue weighted by atomic mass is 14.9. The topological polar surface area (TPSA) is 24.4 Å². The van der Waals surface area contributed by atoms with Crippen LogP contribution >= 0.6 is 0 Å². The van der Waals surface area contributed by atoms with Gasteiger partial charge in [0.1, 0.15) is 0 Å². The first-order valence-electron chi connectivity index (χ1n) is 8.69. The minimum Gasteiger partial charge on any atom is -0.384 e. The molecule has 3 rings (SSSR count). The number of benzene rings is 2. The van der Waals surface area contributed by atoms with Gasteiger partial charge in [-0.1, -0.05) is 48.9 Å². The van der Waals surface area contributed by atoms with Gasteiger partial charge in [-0.15, -0.1) is 0 Å². The summed E-state index contributed by atoms with van der Waals surface area (Å²) < 4.78 is 0. The van der Waals surface area contributed by atoms with E-state index in [2.05, 4.69) is 68.3 Å². The van der Waals surface area contributed by atoms with Gasteiger partial charge in [0.05, 0.1) is 5.69 Å². The third kappa shape index (κ3) is 5.09. The van der Waals surface area contributed by atoms with Crippen LogP contribution in [0.1, 0.15) is 37.0 Å². The maximum atomic E-state index is 4.39. The lowest BCUT2D eigenvalue weighted by Gasteiger charge is -2.01. The molecule has 2 aromatic carbocycles. The largest absolute Gasteiger partial charge is 0.384 e. The highest BCUT2D eigenvalue weighted by Gasteiger charge is 2.09. The Balaban J connectivity index is 0.000000182. The number of anilines is 1. The van der Waals surface area contributed by atoms with Crippen LogP contribution in [0.5, 0.6) is 0 Å². The van der Waals surface area contributed by atoms with Gasteiger partial charge in [-0.2, -0.15) is 0 Å². The maximum Gasteiger partial charge on any atom is 0.0658 e. The summed E-state index contributed by atoms with van der Waals surface area (Å²) >= 11 is 0. The monoisotopic (exact) mass is 320 g/mol. The molecule has 0 fully saturated rings. The molecule has 0 radical (unpaired) electrons. The predicted octanol–water partition coefficient (Wildman–Crippen LogP) is 6.02. The van der Waals surface area contributed by atoms with E-state index in [1.54, 1.807) is 0 Å². The molecule has 24 heavy (non-hydrogen) atoms. The number of allylic oxidation sites excluding steroid dienone is 2. The SMILES string of the molecule is CCC(C)=CC=Nc1ccccc1C.Cc1cccc2c1NCC2. The van der Waals surface area contributed by atoms with Gasteiger partial charge in [0.2, 0.25) is 0 Å². The van der Waals surface area contributed by atoms with Crippen molar-refractivity contribution in [3.63, 3.8) is 0 Å². The van der Waals surface area contributed by atoms with E-state index in [4.69, 9.17) is 0 Å². The molecule has 0 bridgehead atoms. The lowest BCUT2D eigenvalue weighted by Crippen LogP contribution is -1.92. The molecule has 1 N–H and O–H groups in total. The van der Waals surface area contributed by atoms with Crippen LogP contribution in [0.25, 0.3) is 0 Å². The Kier molecular flexibility index (Phi) is 6.80. The lowest BCUT2D eigenvalue weighted by molar-refractivity contribution is 1.10. The summed E-state index contributed by atoms with van der Waals surface area (Å²) in [5.74, 6) is 0. The van der Waals surface area contributed by atoms with E-state index in [0.717, 1.165) is 18.7 Å². The van der Waals surface area contributed by atoms with Crippen LogP contribution < -0.4 is 5.32 Å². The minimum atomic E-state index is 1.05. The van der Waals surface area contributed by atoms with E-state index in [1.807, 2.05) is 24.4 Å². The first-order chi connectivity index (χ1) is 11.6. The average molecular weight is 320 g/mol. The molecule has 2 aromatic rings. The number of hydrogen-bond donors (Lipinski definition) is 1. The molecule has 1 heterocycles. The molecule has 0 atom stereocenters. The molecule has 2 nitrogen and oxygen atoms in total. The standard InChI is InChI=1S/C13H17N.C9H11N/c1-4-11(2)9-10-14-13-8-6-5-7-12(13)3;1-7-3-2-4-8-5-6-10-9(7)8/h5-10H,4H2,1-3H3;2-4,10H,5-6H2,1H3. The Morgan fingerprint density at radius 1 is 1.08 bits per heavy atom. The van der Waals surface area contributed by atoms with Crippen molar-refractivity contribution in [1.29, 1.82) is 0 Å². The number of nitrogens with one attached hydrogen (secondary N) is 1. The lowest BCUT2D eigenvalue weighted by atomic mass is 10.1. The molecule has 1 aliphatic rings. The third-order valence-corrected chi connectivity index (χ3v) is 4.30. The first-order valence-corrected chi connectivity index (χ1v) is 8.69. The number of fused-ring (bicyclic) bond motifs is 1. The van der Waals surface area contributed by atoms with Crippen LogP contribution in [-0.2, 0) is 6.42 Å². The number of aryl methyl sites for hydroxylation is 2. The number of aliphatic imine (C=N–C) groups is 1. The third-order valence-electron chi connectivity index (χ3n) is 4.30. The molecule has 2 heteroatoms. The van der Waals surface area contributed by atoms with Gasteiger partial charge in [-0.25, -0.2) is 0 Å². The molecular weight excluding hydrogens is 292 g/mol. The van der Waals surface area contributed by atoms with Crippen molar-refractivity contribution in [2.24, 2.45) is 4.99 Å². The van der Waals surface area contributed by atoms with E-state index in [-0.39, 0.29) is 0 Å². The van der Waals surface area contributed by atoms with Crippen molar-refractivity contribution in [2.75, 3.05) is 11.9 Å². The summed E-state index contributed by atoms with van der Waals surface area (Å²) in [5.41, 5.74) is 7.82. The van der Waals surface area contributed by atoms with E-state index in [0.29, 0.717) is 0 Å². The van der Waals surface area contributed by atoms with Crippen LogP contribution in [0, 0.1) is 13.8 Å². The van der Waals surface area contributed by atoms with Gasteiger partial charge < -0.3 is 5.32 Å². The summed E-state index contributed by atoms with van der Waals surface area (Å²) in [6, 6.07) is 14.6. The van der Waals surface area contributed by atoms with Gasteiger partial charge in [0, 0.05) is 18.4 Å². The summed E-state index contributed by atoms with van der Waals surface area (Å²) in [6.07, 6.45) is 6.21. The first kappa shape index (κ1) is 18.0. The maximum absolute atomic E-state index is 4.39. The van der Waals surface area contributed by atoms with Crippen molar-refractivity contribution < 1.29 is 0 Å². The quantitative estimate of drug-likeness (QED) is 0.687. The summed E-state index contributed by atoms with van der Waals surface area (Å²) in [4.78, 5) is 4.39. The molecule has 0 spiro atoms. The highest BCUT2D eigenvalue weighted by Crippen LogP contribution is 2.24. The van der Waals surface area contributed by atoms with Crippen molar-refractivity contribution in [3.05, 3.63) is 70.8 Å². The van der Waals surface area contributed by atoms with Crippen LogP contribution in [-0.4, -0.2) is 12.8 Å². The van der Waals surface area contributed by atoms with Gasteiger partial charge >= 0.3 is 0 Å². The summed E-state index contributed by atoms with van der Waals surface area (Å²) in [5, 5.41) is 3.37. The molecule has 0 aliphatic carbocycles. The molecule has 0 amide bonds. The van der Waals surface area contributed by atoms with E-state index in [9.17, 15) is 0 Å². The fourth-order valence-corrected chi connectivity index (χ4v) is 2.58. The molecule has 126 valence electrons. The molecule has 1 aliphatic heterocycles. The fourth-order valence-electron chi connectivity index (χ4n) is 2.58. The second-order valence-corrected chi connectivity index (χ2v) is 6.22. The van der Waals surface area contributed by atoms with Crippen molar-refractivity contribution >= 4 is 17.6 Å². The highest BCUT2D eigenvalue weighted by molar-refractivity contribution is 5.75. The summed E-state index contributed by atoms with van der Waals surface area (Å²) in [7, 11) is 0. The number of para-hydroxylation sites is 2. The van der Waals surface area contributed by atoms with Crippen molar-refractivity contribution in [3.8, 4) is 0 Å². The molecule has 0 unspecified atom stereocenters. The second-order valence-electron chi connectivity index (χ2n) is 6.22. The van der Waals surface area contributed by atoms with Crippen LogP contribution in [0.3, 0.4) is 0 Å². The van der Waals surface area contributed by atoms with Crippen LogP contribution in [0.4, 0.5) is 11.4 Å². The Labute approximate surface area is 146 Å². The van der Waals surface area contributed by atoms with Gasteiger partial charge in [0.25, 0.3) is 0 Å². The Morgan fingerprint density at radius 3 is 2.54 bits per heavy atom. The van der Waals surface area contributed by atoms with Crippen molar-refractivity contribution in [1.82, 2.24) is 0 Å². The zero-order chi connectivity index (χ0) is 17.4. The Hall–Kier alpha value is -2.35. The van der Waals surface area contributed by atoms with Crippen LogP contribution in [0.15, 0.2) is 59.1 Å². The fraction of sp³-hybridized carbons (Fsp3) is 0.318. The van der Waals surface area contributed by atoms with Crippen LogP contribution in [0.2, 0.25) is 0 Å². The zero-order valence-electron chi connectivity index (χ0n) is 15.3. The molecule has 0 saturated heterocycles. The molecular formula is C22H28N2. The average Bonchev–Trinajstić information content (AvgIpc) is 3.07. The Morgan fingerprint density at radius 2 is 1.83 bits per heavy atom. The van der Waals surface area contributed by atoms with Crippen molar-refractivity contribution in [2.45, 2.75) is 40.5 Å². The number of nitrogens with zero attached hydrogens (tertiary/aromatic N) is 1. The minimum absolute atomic E-state index is 1.05. The predicted molar refractivity (Wildman–Crippen MR) is 107 cm³/mol. The van der Waals surface area contributed by atoms with Gasteiger partial charge in [-0.05, 0) is 62.4 Å². The zero-order valence-corrected chi connectivity index (χ0v) is 15.3. The van der Waals surface area contributed by atoms with E-state index >= 15 is 0 Å². The van der Waals surface area contributed by atoms with Gasteiger partial charge in [0.15, 0.2) is 0 Å². The normalized spacial score (nSPS) is 13.2. The smallest absolute Gasteiger partial charge is 0.0658 e. The second kappa shape index (κ2) is 9.07. The number of rotatable bonds is 3. The molecule has 0 aromatic heterocycles. The van der Waals surface area contributed by atoms with Gasteiger partial charge in [-0.3, -0.25) is 4.99 Å². The number of hydrogen-bond acceptors (Lipinski definition) is 2. The van der Waals surface area contributed by atoms with E-state index < -0.39 is 0 Å². The summed E-state index contributed by atoms with van der Waals surface area (Å²) in [6.45, 7) is 9.59. The van der Waals surface area contributed by atoms with E-state index in [1.165, 1.54) is 34.4 Å². The Bertz CT molecular complexity index is 726.